The first-order chi connectivity index (χ1) is 13.9. The number of hydrogen-bond donors (Lipinski definition) is 1. The highest BCUT2D eigenvalue weighted by Crippen LogP contribution is 2.39. The van der Waals surface area contributed by atoms with E-state index in [-0.39, 0.29) is 0 Å². The summed E-state index contributed by atoms with van der Waals surface area (Å²) in [4.78, 5) is 25.4. The van der Waals surface area contributed by atoms with E-state index in [0.717, 1.165) is 0 Å². The molecule has 1 fully saturated rings. The summed E-state index contributed by atoms with van der Waals surface area (Å²) in [6, 6.07) is 16.8. The van der Waals surface area contributed by atoms with Crippen LogP contribution in [0.2, 0.25) is 0 Å². The van der Waals surface area contributed by atoms with E-state index in [0.29, 0.717) is 11.1 Å². The molecular formula is C22H24O7. The van der Waals surface area contributed by atoms with Crippen molar-refractivity contribution >= 4 is 11.9 Å². The number of hydrogen-bond acceptors (Lipinski definition) is 7. The van der Waals surface area contributed by atoms with Crippen LogP contribution in [-0.2, 0) is 18.9 Å². The lowest BCUT2D eigenvalue weighted by Gasteiger charge is -2.33. The van der Waals surface area contributed by atoms with Gasteiger partial charge >= 0.3 is 11.9 Å². The van der Waals surface area contributed by atoms with Crippen molar-refractivity contribution in [3.05, 3.63) is 71.8 Å². The van der Waals surface area contributed by atoms with Crippen LogP contribution in [0.4, 0.5) is 0 Å². The van der Waals surface area contributed by atoms with Crippen molar-refractivity contribution in [2.75, 3.05) is 7.11 Å². The molecule has 1 saturated heterocycles. The molecule has 0 saturated carbocycles. The second kappa shape index (κ2) is 8.73. The number of carbonyl (C=O) groups is 2. The Hall–Kier alpha value is -2.74. The molecular weight excluding hydrogens is 376 g/mol. The molecule has 1 aliphatic heterocycles. The van der Waals surface area contributed by atoms with Gasteiger partial charge in [0.15, 0.2) is 11.7 Å². The molecule has 2 aromatic rings. The molecule has 0 spiro atoms. The van der Waals surface area contributed by atoms with Crippen LogP contribution in [0.1, 0.15) is 34.6 Å². The summed E-state index contributed by atoms with van der Waals surface area (Å²) >= 11 is 0. The average molecular weight is 400 g/mol. The van der Waals surface area contributed by atoms with Crippen molar-refractivity contribution in [3.8, 4) is 0 Å². The SMILES string of the molecule is COC1OC(C(C)O)C(OC(=O)c2ccccc2)C1(C)OC(=O)c1ccccc1. The maximum Gasteiger partial charge on any atom is 0.338 e. The third-order valence-corrected chi connectivity index (χ3v) is 4.87. The molecule has 0 aromatic heterocycles. The lowest BCUT2D eigenvalue weighted by atomic mass is 9.94. The summed E-state index contributed by atoms with van der Waals surface area (Å²) < 4.78 is 22.5. The maximum absolute atomic E-state index is 12.7. The van der Waals surface area contributed by atoms with Crippen LogP contribution in [0.5, 0.6) is 0 Å². The fourth-order valence-corrected chi connectivity index (χ4v) is 3.35. The molecule has 0 bridgehead atoms. The minimum Gasteiger partial charge on any atom is -0.451 e. The minimum absolute atomic E-state index is 0.328. The van der Waals surface area contributed by atoms with Crippen LogP contribution >= 0.6 is 0 Å². The van der Waals surface area contributed by atoms with E-state index in [1.807, 2.05) is 0 Å². The van der Waals surface area contributed by atoms with Gasteiger partial charge in [0, 0.05) is 7.11 Å². The van der Waals surface area contributed by atoms with Crippen LogP contribution in [0.15, 0.2) is 60.7 Å². The van der Waals surface area contributed by atoms with Crippen LogP contribution < -0.4 is 0 Å². The van der Waals surface area contributed by atoms with Gasteiger partial charge in [-0.2, -0.15) is 0 Å². The Morgan fingerprint density at radius 2 is 1.52 bits per heavy atom. The van der Waals surface area contributed by atoms with Crippen LogP contribution in [0.25, 0.3) is 0 Å². The standard InChI is InChI=1S/C22H24O7/c1-14(23)17-18(28-19(24)15-10-6-4-7-11-15)22(2,21(26-3)27-17)29-20(25)16-12-8-5-9-13-16/h4-14,17-18,21,23H,1-3H3. The second-order valence-corrected chi connectivity index (χ2v) is 7.04. The second-order valence-electron chi connectivity index (χ2n) is 7.04. The molecule has 2 aromatic carbocycles. The van der Waals surface area contributed by atoms with E-state index in [1.165, 1.54) is 14.0 Å². The van der Waals surface area contributed by atoms with Crippen molar-refractivity contribution in [2.24, 2.45) is 0 Å². The van der Waals surface area contributed by atoms with Gasteiger partial charge < -0.3 is 24.1 Å². The normalized spacial score (nSPS) is 27.2. The highest BCUT2D eigenvalue weighted by molar-refractivity contribution is 5.90. The fourth-order valence-electron chi connectivity index (χ4n) is 3.35. The number of esters is 2. The third kappa shape index (κ3) is 4.32. The quantitative estimate of drug-likeness (QED) is 0.745. The van der Waals surface area contributed by atoms with Gasteiger partial charge in [-0.1, -0.05) is 36.4 Å². The molecule has 1 heterocycles. The number of aliphatic hydroxyl groups is 1. The Bertz CT molecular complexity index is 837. The summed E-state index contributed by atoms with van der Waals surface area (Å²) in [6.45, 7) is 3.07. The van der Waals surface area contributed by atoms with Gasteiger partial charge in [-0.3, -0.25) is 0 Å². The van der Waals surface area contributed by atoms with E-state index in [2.05, 4.69) is 0 Å². The number of carbonyl (C=O) groups excluding carboxylic acids is 2. The summed E-state index contributed by atoms with van der Waals surface area (Å²) in [7, 11) is 1.39. The molecule has 0 radical (unpaired) electrons. The number of methoxy groups -OCH3 is 1. The molecule has 3 rings (SSSR count). The Kier molecular flexibility index (Phi) is 6.32. The van der Waals surface area contributed by atoms with Crippen LogP contribution in [-0.4, -0.2) is 54.4 Å². The molecule has 7 nitrogen and oxygen atoms in total. The lowest BCUT2D eigenvalue weighted by molar-refractivity contribution is -0.191. The molecule has 0 amide bonds. The van der Waals surface area contributed by atoms with Crippen molar-refractivity contribution in [2.45, 2.75) is 44.1 Å². The Morgan fingerprint density at radius 3 is 2.00 bits per heavy atom. The molecule has 29 heavy (non-hydrogen) atoms. The Labute approximate surface area is 169 Å². The van der Waals surface area contributed by atoms with E-state index in [9.17, 15) is 14.7 Å². The van der Waals surface area contributed by atoms with Crippen molar-refractivity contribution in [3.63, 3.8) is 0 Å². The van der Waals surface area contributed by atoms with Gasteiger partial charge in [-0.15, -0.1) is 0 Å². The molecule has 7 heteroatoms. The molecule has 5 unspecified atom stereocenters. The number of benzene rings is 2. The van der Waals surface area contributed by atoms with Gasteiger partial charge in [0.25, 0.3) is 0 Å². The Balaban J connectivity index is 1.91. The van der Waals surface area contributed by atoms with Gasteiger partial charge in [-0.05, 0) is 38.1 Å². The Morgan fingerprint density at radius 1 is 1.00 bits per heavy atom. The van der Waals surface area contributed by atoms with Gasteiger partial charge in [0.05, 0.1) is 17.2 Å². The van der Waals surface area contributed by atoms with Gasteiger partial charge in [0.2, 0.25) is 6.29 Å². The van der Waals surface area contributed by atoms with Crippen molar-refractivity contribution < 1.29 is 33.6 Å². The first-order valence-electron chi connectivity index (χ1n) is 9.27. The fraction of sp³-hybridized carbons (Fsp3) is 0.364. The summed E-state index contributed by atoms with van der Waals surface area (Å²) in [5.41, 5.74) is -0.819. The highest BCUT2D eigenvalue weighted by atomic mass is 16.7. The average Bonchev–Trinajstić information content (AvgIpc) is 3.00. The number of rotatable bonds is 6. The van der Waals surface area contributed by atoms with Crippen LogP contribution in [0, 0.1) is 0 Å². The zero-order valence-electron chi connectivity index (χ0n) is 16.5. The van der Waals surface area contributed by atoms with E-state index >= 15 is 0 Å². The largest absolute Gasteiger partial charge is 0.451 e. The third-order valence-electron chi connectivity index (χ3n) is 4.87. The first-order valence-corrected chi connectivity index (χ1v) is 9.27. The smallest absolute Gasteiger partial charge is 0.338 e. The summed E-state index contributed by atoms with van der Waals surface area (Å²) in [5.74, 6) is -1.24. The monoisotopic (exact) mass is 400 g/mol. The number of aliphatic hydroxyl groups excluding tert-OH is 1. The van der Waals surface area contributed by atoms with Crippen LogP contribution in [0.3, 0.4) is 0 Å². The minimum atomic E-state index is -1.48. The number of ether oxygens (including phenoxy) is 4. The molecule has 1 aliphatic rings. The summed E-state index contributed by atoms with van der Waals surface area (Å²) in [5, 5.41) is 10.2. The van der Waals surface area contributed by atoms with E-state index < -0.39 is 42.1 Å². The lowest BCUT2D eigenvalue weighted by Crippen LogP contribution is -2.53. The molecule has 5 atom stereocenters. The predicted octanol–water partition coefficient (Wildman–Crippen LogP) is 2.58. The topological polar surface area (TPSA) is 91.3 Å². The van der Waals surface area contributed by atoms with Crippen molar-refractivity contribution in [1.82, 2.24) is 0 Å². The molecule has 154 valence electrons. The van der Waals surface area contributed by atoms with E-state index in [4.69, 9.17) is 18.9 Å². The molecule has 0 aliphatic carbocycles. The zero-order valence-corrected chi connectivity index (χ0v) is 16.5. The molecule has 1 N–H and O–H groups in total. The summed E-state index contributed by atoms with van der Waals surface area (Å²) in [6.07, 6.45) is -4.07. The van der Waals surface area contributed by atoms with Gasteiger partial charge in [-0.25, -0.2) is 9.59 Å². The zero-order chi connectivity index (χ0) is 21.0. The maximum atomic E-state index is 12.7. The van der Waals surface area contributed by atoms with Gasteiger partial charge in [0.1, 0.15) is 6.10 Å². The highest BCUT2D eigenvalue weighted by Gasteiger charge is 2.60. The van der Waals surface area contributed by atoms with E-state index in [1.54, 1.807) is 67.6 Å². The first kappa shape index (κ1) is 21.0. The predicted molar refractivity (Wildman–Crippen MR) is 103 cm³/mol. The van der Waals surface area contributed by atoms with Crippen molar-refractivity contribution in [1.29, 1.82) is 0 Å².